The molecule has 0 fully saturated rings. The van der Waals surface area contributed by atoms with Gasteiger partial charge in [0.25, 0.3) is 0 Å². The molecular weight excluding hydrogens is 435 g/mol. The van der Waals surface area contributed by atoms with E-state index in [1.165, 1.54) is 67.1 Å². The monoisotopic (exact) mass is 474 g/mol. The number of hydrogen-bond donors (Lipinski definition) is 0. The van der Waals surface area contributed by atoms with Gasteiger partial charge in [0.05, 0.1) is 0 Å². The summed E-state index contributed by atoms with van der Waals surface area (Å²) in [6.07, 6.45) is 16.8. The van der Waals surface area contributed by atoms with Gasteiger partial charge in [0, 0.05) is 0 Å². The summed E-state index contributed by atoms with van der Waals surface area (Å²) in [5.74, 6) is 0. The zero-order valence-electron chi connectivity index (χ0n) is 17.9. The predicted molar refractivity (Wildman–Crippen MR) is 119 cm³/mol. The molecule has 148 valence electrons. The number of aromatic nitrogens is 2. The van der Waals surface area contributed by atoms with Crippen molar-refractivity contribution in [3.05, 3.63) is 48.4 Å². The van der Waals surface area contributed by atoms with E-state index in [9.17, 15) is 0 Å². The summed E-state index contributed by atoms with van der Waals surface area (Å²) in [7, 11) is 0. The van der Waals surface area contributed by atoms with E-state index in [0.29, 0.717) is 9.47 Å². The summed E-state index contributed by atoms with van der Waals surface area (Å²) < 4.78 is 4.39. The molecular formula is C24H38N2Sn. The molecule has 1 aromatic heterocycles. The van der Waals surface area contributed by atoms with E-state index in [1.807, 2.05) is 0 Å². The summed E-state index contributed by atoms with van der Waals surface area (Å²) in [4.78, 5) is 4.91. The molecule has 1 unspecified atom stereocenters. The molecule has 0 bridgehead atoms. The van der Waals surface area contributed by atoms with Gasteiger partial charge in [-0.2, -0.15) is 0 Å². The molecule has 0 saturated carbocycles. The second kappa shape index (κ2) is 11.9. The second-order valence-corrected chi connectivity index (χ2v) is 13.2. The average Bonchev–Trinajstić information content (AvgIpc) is 3.17. The predicted octanol–water partition coefficient (Wildman–Crippen LogP) is 6.55. The molecule has 0 aliphatic rings. The minimum atomic E-state index is -0.731. The van der Waals surface area contributed by atoms with E-state index in [2.05, 4.69) is 75.1 Å². The third kappa shape index (κ3) is 6.96. The van der Waals surface area contributed by atoms with Crippen LogP contribution in [-0.2, 0) is 0 Å². The fourth-order valence-electron chi connectivity index (χ4n) is 3.90. The van der Waals surface area contributed by atoms with E-state index in [4.69, 9.17) is 4.98 Å². The van der Waals surface area contributed by atoms with Crippen LogP contribution in [0.15, 0.2) is 42.9 Å². The Kier molecular flexibility index (Phi) is 9.95. The molecule has 1 heterocycles. The van der Waals surface area contributed by atoms with Crippen LogP contribution in [-0.4, -0.2) is 30.7 Å². The normalized spacial score (nSPS) is 13.0. The van der Waals surface area contributed by atoms with Crippen molar-refractivity contribution in [3.8, 4) is 0 Å². The molecule has 27 heavy (non-hydrogen) atoms. The Hall–Kier alpha value is -0.771. The molecule has 1 aromatic carbocycles. The molecule has 0 spiro atoms. The number of hydrogen-bond acceptors (Lipinski definition) is 1. The molecule has 1 atom stereocenters. The first-order chi connectivity index (χ1) is 13.1. The topological polar surface area (TPSA) is 17.8 Å². The van der Waals surface area contributed by atoms with Crippen molar-refractivity contribution < 1.29 is 0 Å². The first-order valence-electron chi connectivity index (χ1n) is 11.0. The van der Waals surface area contributed by atoms with Crippen LogP contribution in [0.25, 0.3) is 0 Å². The van der Waals surface area contributed by atoms with Gasteiger partial charge >= 0.3 is 178 Å². The third-order valence-electron chi connectivity index (χ3n) is 5.75. The van der Waals surface area contributed by atoms with E-state index in [-0.39, 0.29) is 0 Å². The van der Waals surface area contributed by atoms with Crippen LogP contribution in [0, 0.1) is 0 Å². The first-order valence-corrected chi connectivity index (χ1v) is 13.9. The van der Waals surface area contributed by atoms with Crippen LogP contribution >= 0.6 is 0 Å². The van der Waals surface area contributed by atoms with Crippen LogP contribution in [0.4, 0.5) is 0 Å². The maximum atomic E-state index is 4.91. The van der Waals surface area contributed by atoms with Gasteiger partial charge in [0.1, 0.15) is 0 Å². The Morgan fingerprint density at radius 1 is 0.926 bits per heavy atom. The molecule has 0 amide bonds. The van der Waals surface area contributed by atoms with Crippen LogP contribution in [0.5, 0.6) is 0 Å². The maximum absolute atomic E-state index is 4.91. The van der Waals surface area contributed by atoms with Gasteiger partial charge in [-0.1, -0.05) is 0 Å². The van der Waals surface area contributed by atoms with Gasteiger partial charge < -0.3 is 0 Å². The van der Waals surface area contributed by atoms with Crippen molar-refractivity contribution in [3.63, 3.8) is 0 Å². The number of rotatable bonds is 13. The standard InChI is InChI=1S/C13H27.C11H11N2.Sn/c1-4-7-10-13(11-8-5-2)12-9-6-3;1-10(13-8-7-12-9-13)11-5-3-2-4-6-11;/h4-12H2,1-3H3;2-6,8-10H,1H3;. The molecule has 2 rings (SSSR count). The molecule has 2 nitrogen and oxygen atoms in total. The molecule has 0 saturated heterocycles. The zero-order chi connectivity index (χ0) is 19.5. The molecule has 2 radical (unpaired) electrons. The van der Waals surface area contributed by atoms with Gasteiger partial charge in [0.15, 0.2) is 0 Å². The van der Waals surface area contributed by atoms with Gasteiger partial charge in [-0.3, -0.25) is 0 Å². The Morgan fingerprint density at radius 3 is 2.00 bits per heavy atom. The van der Waals surface area contributed by atoms with Crippen LogP contribution in [0.3, 0.4) is 0 Å². The summed E-state index contributed by atoms with van der Waals surface area (Å²) >= 11 is -0.731. The minimum absolute atomic E-state index is 0.364. The molecule has 0 aliphatic heterocycles. The number of imidazole rings is 1. The number of benzene rings is 1. The van der Waals surface area contributed by atoms with Gasteiger partial charge in [-0.15, -0.1) is 0 Å². The Balaban J connectivity index is 2.16. The van der Waals surface area contributed by atoms with Crippen molar-refractivity contribution in [1.29, 1.82) is 0 Å². The summed E-state index contributed by atoms with van der Waals surface area (Å²) in [6, 6.07) is 11.2. The second-order valence-electron chi connectivity index (χ2n) is 8.01. The fraction of sp³-hybridized carbons (Fsp3) is 0.625. The van der Waals surface area contributed by atoms with Crippen molar-refractivity contribution in [2.75, 3.05) is 0 Å². The molecule has 0 N–H and O–H groups in total. The average molecular weight is 473 g/mol. The van der Waals surface area contributed by atoms with E-state index in [1.54, 1.807) is 0 Å². The number of nitrogens with zero attached hydrogens (tertiary/aromatic N) is 2. The van der Waals surface area contributed by atoms with E-state index >= 15 is 0 Å². The Morgan fingerprint density at radius 2 is 1.48 bits per heavy atom. The van der Waals surface area contributed by atoms with E-state index in [0.717, 1.165) is 0 Å². The van der Waals surface area contributed by atoms with E-state index < -0.39 is 21.1 Å². The van der Waals surface area contributed by atoms with Crippen LogP contribution in [0.1, 0.15) is 97.1 Å². The van der Waals surface area contributed by atoms with Crippen molar-refractivity contribution in [2.24, 2.45) is 0 Å². The van der Waals surface area contributed by atoms with Crippen molar-refractivity contribution in [2.45, 2.75) is 95.0 Å². The third-order valence-corrected chi connectivity index (χ3v) is 10.9. The van der Waals surface area contributed by atoms with Crippen molar-refractivity contribution in [1.82, 2.24) is 9.55 Å². The van der Waals surface area contributed by atoms with Gasteiger partial charge in [-0.25, -0.2) is 0 Å². The first kappa shape index (κ1) is 22.5. The SMILES string of the molecule is CCCC[C](CCCC)(CCCC)[Sn][c]1cn(C(C)c2ccccc2)cn1. The summed E-state index contributed by atoms with van der Waals surface area (Å²) in [5.41, 5.74) is 1.36. The Labute approximate surface area is 177 Å². The van der Waals surface area contributed by atoms with Crippen LogP contribution in [0.2, 0.25) is 3.43 Å². The fourth-order valence-corrected chi connectivity index (χ4v) is 8.99. The van der Waals surface area contributed by atoms with Gasteiger partial charge in [-0.05, 0) is 0 Å². The molecule has 3 heteroatoms. The number of unbranched alkanes of at least 4 members (excludes halogenated alkanes) is 3. The Bertz CT molecular complexity index is 613. The van der Waals surface area contributed by atoms with Crippen molar-refractivity contribution >= 4 is 24.9 Å². The molecule has 2 aromatic rings. The quantitative estimate of drug-likeness (QED) is 0.302. The van der Waals surface area contributed by atoms with Gasteiger partial charge in [0.2, 0.25) is 0 Å². The molecule has 0 aliphatic carbocycles. The summed E-state index contributed by atoms with van der Waals surface area (Å²) in [5, 5.41) is 0. The van der Waals surface area contributed by atoms with Crippen LogP contribution < -0.4 is 3.71 Å². The zero-order valence-corrected chi connectivity index (χ0v) is 20.7. The summed E-state index contributed by atoms with van der Waals surface area (Å²) in [6.45, 7) is 9.30.